The maximum atomic E-state index is 13.6. The van der Waals surface area contributed by atoms with Gasteiger partial charge < -0.3 is 15.6 Å². The van der Waals surface area contributed by atoms with Crippen LogP contribution >= 0.6 is 11.6 Å². The molecule has 8 nitrogen and oxygen atoms in total. The van der Waals surface area contributed by atoms with Gasteiger partial charge in [-0.15, -0.1) is 0 Å². The molecular weight excluding hydrogens is 349 g/mol. The number of aryl methyl sites for hydroxylation is 1. The molecule has 3 aromatic heterocycles. The molecule has 3 aromatic rings. The Labute approximate surface area is 147 Å². The van der Waals surface area contributed by atoms with Gasteiger partial charge in [-0.3, -0.25) is 9.89 Å². The molecule has 0 aliphatic rings. The lowest BCUT2D eigenvalue weighted by molar-refractivity contribution is 0.102. The van der Waals surface area contributed by atoms with E-state index in [1.807, 2.05) is 0 Å². The van der Waals surface area contributed by atoms with E-state index in [1.54, 1.807) is 26.8 Å². The van der Waals surface area contributed by atoms with Crippen molar-refractivity contribution < 1.29 is 9.18 Å². The van der Waals surface area contributed by atoms with Crippen LogP contribution in [0.1, 0.15) is 29.9 Å². The third-order valence-electron chi connectivity index (χ3n) is 3.83. The van der Waals surface area contributed by atoms with Gasteiger partial charge in [-0.05, 0) is 20.8 Å². The van der Waals surface area contributed by atoms with E-state index in [2.05, 4.69) is 25.5 Å². The Morgan fingerprint density at radius 2 is 2.20 bits per heavy atom. The van der Waals surface area contributed by atoms with Gasteiger partial charge in [0, 0.05) is 11.8 Å². The minimum Gasteiger partial charge on any atom is -0.383 e. The second-order valence-electron chi connectivity index (χ2n) is 6.30. The van der Waals surface area contributed by atoms with Crippen molar-refractivity contribution in [1.82, 2.24) is 24.7 Å². The third kappa shape index (κ3) is 2.80. The first-order valence-corrected chi connectivity index (χ1v) is 7.84. The van der Waals surface area contributed by atoms with Crippen molar-refractivity contribution in [1.29, 1.82) is 0 Å². The van der Waals surface area contributed by atoms with E-state index >= 15 is 0 Å². The molecule has 0 aliphatic heterocycles. The molecule has 0 bridgehead atoms. The number of H-pyrrole nitrogens is 1. The van der Waals surface area contributed by atoms with Crippen molar-refractivity contribution in [2.45, 2.75) is 26.3 Å². The predicted molar refractivity (Wildman–Crippen MR) is 93.5 cm³/mol. The lowest BCUT2D eigenvalue weighted by Gasteiger charge is -2.24. The Hall–Kier alpha value is -2.68. The zero-order valence-corrected chi connectivity index (χ0v) is 14.6. The van der Waals surface area contributed by atoms with Crippen LogP contribution in [0.25, 0.3) is 11.0 Å². The zero-order valence-electron chi connectivity index (χ0n) is 13.9. The Balaban J connectivity index is 2.21. The second-order valence-corrected chi connectivity index (χ2v) is 6.65. The number of carbonyl (C=O) groups is 1. The number of rotatable bonds is 4. The number of aromatic amines is 1. The van der Waals surface area contributed by atoms with Crippen LogP contribution in [0.15, 0.2) is 12.4 Å². The standard InChI is InChI=1S/C15H17ClFN7O/c1-7-4-8(23-22-7)21-14(25)9-10-12(18)19-6-20-13(10)24(11(9)16)15(2,3)5-17/h4,6H,5H2,1-3H3,(H2,18,19,20)(H2,21,22,23,25). The van der Waals surface area contributed by atoms with Crippen molar-refractivity contribution in [2.24, 2.45) is 0 Å². The number of fused-ring (bicyclic) bond motifs is 1. The van der Waals surface area contributed by atoms with Crippen LogP contribution in [0.3, 0.4) is 0 Å². The number of nitrogen functional groups attached to an aromatic ring is 1. The Kier molecular flexibility index (Phi) is 4.11. The number of nitrogens with zero attached hydrogens (tertiary/aromatic N) is 4. The van der Waals surface area contributed by atoms with E-state index in [0.29, 0.717) is 11.5 Å². The van der Waals surface area contributed by atoms with Crippen LogP contribution in [0.5, 0.6) is 0 Å². The van der Waals surface area contributed by atoms with Gasteiger partial charge in [-0.1, -0.05) is 11.6 Å². The highest BCUT2D eigenvalue weighted by molar-refractivity contribution is 6.36. The third-order valence-corrected chi connectivity index (χ3v) is 4.19. The molecule has 0 radical (unpaired) electrons. The van der Waals surface area contributed by atoms with Gasteiger partial charge >= 0.3 is 0 Å². The molecule has 0 atom stereocenters. The van der Waals surface area contributed by atoms with Crippen LogP contribution in [-0.2, 0) is 5.54 Å². The molecule has 0 saturated carbocycles. The van der Waals surface area contributed by atoms with E-state index in [0.717, 1.165) is 5.69 Å². The van der Waals surface area contributed by atoms with E-state index in [-0.39, 0.29) is 21.9 Å². The lowest BCUT2D eigenvalue weighted by Crippen LogP contribution is -2.29. The van der Waals surface area contributed by atoms with Gasteiger partial charge in [0.1, 0.15) is 29.6 Å². The van der Waals surface area contributed by atoms with Gasteiger partial charge in [0.2, 0.25) is 0 Å². The van der Waals surface area contributed by atoms with Crippen molar-refractivity contribution >= 4 is 40.2 Å². The molecule has 132 valence electrons. The number of amides is 1. The summed E-state index contributed by atoms with van der Waals surface area (Å²) in [6, 6.07) is 1.66. The summed E-state index contributed by atoms with van der Waals surface area (Å²) in [4.78, 5) is 20.8. The summed E-state index contributed by atoms with van der Waals surface area (Å²) >= 11 is 6.44. The molecular formula is C15H17ClFN7O. The highest BCUT2D eigenvalue weighted by Crippen LogP contribution is 2.36. The number of carbonyl (C=O) groups excluding carboxylic acids is 1. The van der Waals surface area contributed by atoms with Gasteiger partial charge in [0.15, 0.2) is 5.82 Å². The molecule has 0 aromatic carbocycles. The summed E-state index contributed by atoms with van der Waals surface area (Å²) in [5, 5.41) is 9.63. The number of hydrogen-bond donors (Lipinski definition) is 3. The van der Waals surface area contributed by atoms with Crippen LogP contribution in [0, 0.1) is 6.92 Å². The van der Waals surface area contributed by atoms with Crippen LogP contribution in [0.2, 0.25) is 5.15 Å². The highest BCUT2D eigenvalue weighted by atomic mass is 35.5. The van der Waals surface area contributed by atoms with Gasteiger partial charge in [0.05, 0.1) is 16.5 Å². The minimum atomic E-state index is -1.02. The van der Waals surface area contributed by atoms with E-state index in [1.165, 1.54) is 10.9 Å². The van der Waals surface area contributed by atoms with Crippen molar-refractivity contribution in [3.8, 4) is 0 Å². The van der Waals surface area contributed by atoms with Gasteiger partial charge in [-0.25, -0.2) is 14.4 Å². The fraction of sp³-hybridized carbons (Fsp3) is 0.333. The fourth-order valence-electron chi connectivity index (χ4n) is 2.59. The van der Waals surface area contributed by atoms with E-state index in [9.17, 15) is 9.18 Å². The topological polar surface area (TPSA) is 115 Å². The molecule has 0 fully saturated rings. The number of nitrogens with one attached hydrogen (secondary N) is 2. The van der Waals surface area contributed by atoms with Crippen molar-refractivity contribution in [3.05, 3.63) is 28.8 Å². The molecule has 10 heteroatoms. The SMILES string of the molecule is Cc1cc(NC(=O)c2c(Cl)n(C(C)(C)CF)c3ncnc(N)c23)n[nH]1. The summed E-state index contributed by atoms with van der Waals surface area (Å²) in [6.45, 7) is 4.39. The van der Waals surface area contributed by atoms with E-state index < -0.39 is 18.1 Å². The molecule has 25 heavy (non-hydrogen) atoms. The molecule has 0 unspecified atom stereocenters. The Morgan fingerprint density at radius 1 is 1.48 bits per heavy atom. The summed E-state index contributed by atoms with van der Waals surface area (Å²) in [5.74, 6) is -0.111. The highest BCUT2D eigenvalue weighted by Gasteiger charge is 2.32. The average molecular weight is 366 g/mol. The molecule has 0 spiro atoms. The zero-order chi connectivity index (χ0) is 18.4. The summed E-state index contributed by atoms with van der Waals surface area (Å²) in [6.07, 6.45) is 1.25. The molecule has 3 heterocycles. The Morgan fingerprint density at radius 3 is 2.80 bits per heavy atom. The summed E-state index contributed by atoms with van der Waals surface area (Å²) < 4.78 is 15.0. The minimum absolute atomic E-state index is 0.0367. The van der Waals surface area contributed by atoms with Crippen molar-refractivity contribution in [3.63, 3.8) is 0 Å². The van der Waals surface area contributed by atoms with Crippen LogP contribution in [-0.4, -0.2) is 37.3 Å². The predicted octanol–water partition coefficient (Wildman–Crippen LogP) is 2.66. The molecule has 4 N–H and O–H groups in total. The monoisotopic (exact) mass is 365 g/mol. The molecule has 1 amide bonds. The first-order valence-electron chi connectivity index (χ1n) is 7.46. The Bertz CT molecular complexity index is 962. The normalized spacial score (nSPS) is 11.9. The molecule has 3 rings (SSSR count). The van der Waals surface area contributed by atoms with E-state index in [4.69, 9.17) is 17.3 Å². The first-order chi connectivity index (χ1) is 11.8. The molecule has 0 aliphatic carbocycles. The second kappa shape index (κ2) is 5.99. The quantitative estimate of drug-likeness (QED) is 0.657. The number of nitrogens with two attached hydrogens (primary N) is 1. The number of hydrogen-bond acceptors (Lipinski definition) is 5. The smallest absolute Gasteiger partial charge is 0.260 e. The average Bonchev–Trinajstić information content (AvgIpc) is 3.08. The number of anilines is 2. The number of alkyl halides is 1. The number of aromatic nitrogens is 5. The fourth-order valence-corrected chi connectivity index (χ4v) is 3.08. The largest absolute Gasteiger partial charge is 0.383 e. The lowest BCUT2D eigenvalue weighted by atomic mass is 10.1. The number of halogens is 2. The first kappa shape index (κ1) is 17.2. The van der Waals surface area contributed by atoms with Gasteiger partial charge in [0.25, 0.3) is 5.91 Å². The molecule has 0 saturated heterocycles. The summed E-state index contributed by atoms with van der Waals surface area (Å²) in [7, 11) is 0. The van der Waals surface area contributed by atoms with Crippen molar-refractivity contribution in [2.75, 3.05) is 17.7 Å². The summed E-state index contributed by atoms with van der Waals surface area (Å²) in [5.41, 5.74) is 6.08. The maximum absolute atomic E-state index is 13.6. The van der Waals surface area contributed by atoms with Crippen LogP contribution < -0.4 is 11.1 Å². The maximum Gasteiger partial charge on any atom is 0.260 e. The van der Waals surface area contributed by atoms with Crippen LogP contribution in [0.4, 0.5) is 16.0 Å². The van der Waals surface area contributed by atoms with Gasteiger partial charge in [-0.2, -0.15) is 5.10 Å².